The van der Waals surface area contributed by atoms with E-state index >= 15 is 0 Å². The number of hydrogen-bond donors (Lipinski definition) is 3. The van der Waals surface area contributed by atoms with Gasteiger partial charge in [-0.3, -0.25) is 4.79 Å². The van der Waals surface area contributed by atoms with Crippen molar-refractivity contribution in [1.29, 1.82) is 0 Å². The van der Waals surface area contributed by atoms with E-state index in [9.17, 15) is 15.0 Å². The average Bonchev–Trinajstić information content (AvgIpc) is 2.77. The predicted octanol–water partition coefficient (Wildman–Crippen LogP) is 3.94. The number of amides is 1. The molecule has 0 aromatic heterocycles. The molecule has 0 heterocycles. The standard InChI is InChI=1S/C25H33NO3/c1-18-10-12-19(13-11-18)14-15-20-6-5-9-22(16-20)25(29)26-23(17-27)24(28)21-7-3-2-4-8-21/h2-4,7-8,10-13,20,22-24,27-28H,5-6,9,14-17H2,1H3,(H,26,29)/t20-,22?,23+,24+/m1/s1. The molecule has 4 atom stereocenters. The Balaban J connectivity index is 1.52. The Labute approximate surface area is 174 Å². The lowest BCUT2D eigenvalue weighted by atomic mass is 9.78. The maximum atomic E-state index is 12.8. The average molecular weight is 396 g/mol. The number of hydrogen-bond acceptors (Lipinski definition) is 3. The summed E-state index contributed by atoms with van der Waals surface area (Å²) in [6, 6.07) is 17.2. The van der Waals surface area contributed by atoms with Crippen molar-refractivity contribution in [1.82, 2.24) is 5.32 Å². The molecule has 4 heteroatoms. The van der Waals surface area contributed by atoms with E-state index in [4.69, 9.17) is 0 Å². The smallest absolute Gasteiger partial charge is 0.223 e. The van der Waals surface area contributed by atoms with Crippen molar-refractivity contribution in [3.8, 4) is 0 Å². The molecule has 2 aromatic rings. The lowest BCUT2D eigenvalue weighted by Gasteiger charge is -2.30. The quantitative estimate of drug-likeness (QED) is 0.634. The molecule has 1 aliphatic rings. The molecule has 1 amide bonds. The van der Waals surface area contributed by atoms with Crippen LogP contribution in [0.2, 0.25) is 0 Å². The Hall–Kier alpha value is -2.17. The molecule has 1 aliphatic carbocycles. The number of nitrogens with one attached hydrogen (secondary N) is 1. The fourth-order valence-electron chi connectivity index (χ4n) is 4.32. The molecule has 3 N–H and O–H groups in total. The SMILES string of the molecule is Cc1ccc(CC[C@H]2CCCC(C(=O)N[C@@H](CO)[C@@H](O)c3ccccc3)C2)cc1. The van der Waals surface area contributed by atoms with Gasteiger partial charge in [0.25, 0.3) is 0 Å². The van der Waals surface area contributed by atoms with Gasteiger partial charge in [0.05, 0.1) is 12.6 Å². The lowest BCUT2D eigenvalue weighted by molar-refractivity contribution is -0.128. The molecular weight excluding hydrogens is 362 g/mol. The van der Waals surface area contributed by atoms with E-state index in [1.165, 1.54) is 17.5 Å². The van der Waals surface area contributed by atoms with Crippen LogP contribution in [-0.2, 0) is 11.2 Å². The third kappa shape index (κ3) is 6.15. The summed E-state index contributed by atoms with van der Waals surface area (Å²) in [5.41, 5.74) is 3.33. The highest BCUT2D eigenvalue weighted by Gasteiger charge is 2.30. The molecule has 1 unspecified atom stereocenters. The molecule has 0 bridgehead atoms. The minimum absolute atomic E-state index is 0.0382. The van der Waals surface area contributed by atoms with Gasteiger partial charge in [-0.15, -0.1) is 0 Å². The van der Waals surface area contributed by atoms with Crippen LogP contribution in [0.1, 0.15) is 54.9 Å². The van der Waals surface area contributed by atoms with E-state index in [1.807, 2.05) is 18.2 Å². The second kappa shape index (κ2) is 10.6. The molecule has 0 radical (unpaired) electrons. The number of aryl methyl sites for hydroxylation is 2. The molecule has 0 aliphatic heterocycles. The first-order valence-electron chi connectivity index (χ1n) is 10.8. The van der Waals surface area contributed by atoms with Gasteiger partial charge >= 0.3 is 0 Å². The molecule has 1 fully saturated rings. The summed E-state index contributed by atoms with van der Waals surface area (Å²) in [5, 5.41) is 23.1. The Morgan fingerprint density at radius 3 is 2.52 bits per heavy atom. The number of aliphatic hydroxyl groups excluding tert-OH is 2. The summed E-state index contributed by atoms with van der Waals surface area (Å²) in [4.78, 5) is 12.8. The summed E-state index contributed by atoms with van der Waals surface area (Å²) in [7, 11) is 0. The van der Waals surface area contributed by atoms with Crippen molar-refractivity contribution in [3.05, 3.63) is 71.3 Å². The summed E-state index contributed by atoms with van der Waals surface area (Å²) >= 11 is 0. The van der Waals surface area contributed by atoms with Gasteiger partial charge in [0.15, 0.2) is 0 Å². The van der Waals surface area contributed by atoms with Gasteiger partial charge in [-0.25, -0.2) is 0 Å². The number of carbonyl (C=O) groups is 1. The fourth-order valence-corrected chi connectivity index (χ4v) is 4.32. The maximum Gasteiger partial charge on any atom is 0.223 e. The molecule has 3 rings (SSSR count). The van der Waals surface area contributed by atoms with Crippen LogP contribution in [0.4, 0.5) is 0 Å². The summed E-state index contributed by atoms with van der Waals surface area (Å²) in [5.74, 6) is 0.468. The second-order valence-corrected chi connectivity index (χ2v) is 8.41. The van der Waals surface area contributed by atoms with E-state index in [2.05, 4.69) is 36.5 Å². The molecule has 0 saturated heterocycles. The topological polar surface area (TPSA) is 69.6 Å². The monoisotopic (exact) mass is 395 g/mol. The molecule has 0 spiro atoms. The van der Waals surface area contributed by atoms with Gasteiger partial charge in [0.1, 0.15) is 6.10 Å². The predicted molar refractivity (Wildman–Crippen MR) is 115 cm³/mol. The van der Waals surface area contributed by atoms with E-state index in [1.54, 1.807) is 12.1 Å². The Morgan fingerprint density at radius 2 is 1.83 bits per heavy atom. The third-order valence-corrected chi connectivity index (χ3v) is 6.16. The summed E-state index contributed by atoms with van der Waals surface area (Å²) < 4.78 is 0. The highest BCUT2D eigenvalue weighted by atomic mass is 16.3. The van der Waals surface area contributed by atoms with E-state index < -0.39 is 12.1 Å². The first kappa shape index (κ1) is 21.5. The van der Waals surface area contributed by atoms with Crippen LogP contribution in [0.3, 0.4) is 0 Å². The zero-order valence-electron chi connectivity index (χ0n) is 17.3. The van der Waals surface area contributed by atoms with Gasteiger partial charge < -0.3 is 15.5 Å². The van der Waals surface area contributed by atoms with Crippen LogP contribution < -0.4 is 5.32 Å². The van der Waals surface area contributed by atoms with E-state index in [-0.39, 0.29) is 18.4 Å². The van der Waals surface area contributed by atoms with Crippen LogP contribution in [0.25, 0.3) is 0 Å². The Kier molecular flexibility index (Phi) is 7.84. The summed E-state index contributed by atoms with van der Waals surface area (Å²) in [6.07, 6.45) is 5.23. The van der Waals surface area contributed by atoms with Crippen LogP contribution in [0.5, 0.6) is 0 Å². The van der Waals surface area contributed by atoms with Gasteiger partial charge in [0.2, 0.25) is 5.91 Å². The minimum atomic E-state index is -0.911. The second-order valence-electron chi connectivity index (χ2n) is 8.41. The van der Waals surface area contributed by atoms with Crippen molar-refractivity contribution in [2.45, 2.75) is 57.6 Å². The Bertz CT molecular complexity index is 759. The van der Waals surface area contributed by atoms with Crippen LogP contribution >= 0.6 is 0 Å². The maximum absolute atomic E-state index is 12.8. The van der Waals surface area contributed by atoms with Gasteiger partial charge in [-0.1, -0.05) is 73.0 Å². The van der Waals surface area contributed by atoms with E-state index in [0.717, 1.165) is 32.1 Å². The highest BCUT2D eigenvalue weighted by Crippen LogP contribution is 2.32. The summed E-state index contributed by atoms with van der Waals surface area (Å²) in [6.45, 7) is 1.81. The molecule has 29 heavy (non-hydrogen) atoms. The van der Waals surface area contributed by atoms with Crippen molar-refractivity contribution in [3.63, 3.8) is 0 Å². The third-order valence-electron chi connectivity index (χ3n) is 6.16. The molecule has 4 nitrogen and oxygen atoms in total. The van der Waals surface area contributed by atoms with Crippen molar-refractivity contribution >= 4 is 5.91 Å². The van der Waals surface area contributed by atoms with E-state index in [0.29, 0.717) is 11.5 Å². The van der Waals surface area contributed by atoms with Crippen molar-refractivity contribution < 1.29 is 15.0 Å². The van der Waals surface area contributed by atoms with Crippen molar-refractivity contribution in [2.24, 2.45) is 11.8 Å². The zero-order chi connectivity index (χ0) is 20.6. The highest BCUT2D eigenvalue weighted by molar-refractivity contribution is 5.79. The number of benzene rings is 2. The van der Waals surface area contributed by atoms with Gasteiger partial charge in [0, 0.05) is 5.92 Å². The molecule has 156 valence electrons. The normalized spacial score (nSPS) is 21.3. The van der Waals surface area contributed by atoms with Crippen LogP contribution in [-0.4, -0.2) is 28.8 Å². The zero-order valence-corrected chi connectivity index (χ0v) is 17.3. The lowest BCUT2D eigenvalue weighted by Crippen LogP contribution is -2.45. The molecule has 2 aromatic carbocycles. The van der Waals surface area contributed by atoms with Crippen LogP contribution in [0, 0.1) is 18.8 Å². The fraction of sp³-hybridized carbons (Fsp3) is 0.480. The molecular formula is C25H33NO3. The first-order chi connectivity index (χ1) is 14.1. The van der Waals surface area contributed by atoms with Crippen LogP contribution in [0.15, 0.2) is 54.6 Å². The number of carbonyl (C=O) groups excluding carboxylic acids is 1. The first-order valence-corrected chi connectivity index (χ1v) is 10.8. The van der Waals surface area contributed by atoms with Crippen molar-refractivity contribution in [2.75, 3.05) is 6.61 Å². The largest absolute Gasteiger partial charge is 0.394 e. The molecule has 1 saturated carbocycles. The van der Waals surface area contributed by atoms with Gasteiger partial charge in [-0.05, 0) is 49.7 Å². The minimum Gasteiger partial charge on any atom is -0.394 e. The number of rotatable bonds is 8. The Morgan fingerprint density at radius 1 is 1.10 bits per heavy atom. The van der Waals surface area contributed by atoms with Gasteiger partial charge in [-0.2, -0.15) is 0 Å². The number of aliphatic hydroxyl groups is 2.